The highest BCUT2D eigenvalue weighted by Crippen LogP contribution is 2.36. The van der Waals surface area contributed by atoms with Crippen LogP contribution >= 0.6 is 11.6 Å². The molecule has 112 valence electrons. The SMILES string of the molecule is COc1ccc2c(c1)/C(=C\c1ccc(OC)c(Cl)c1)C(=O)N2. The molecule has 0 saturated heterocycles. The zero-order valence-corrected chi connectivity index (χ0v) is 12.9. The predicted molar refractivity (Wildman–Crippen MR) is 87.5 cm³/mol. The fraction of sp³-hybridized carbons (Fsp3) is 0.118. The molecule has 4 nitrogen and oxygen atoms in total. The molecule has 1 amide bonds. The Bertz CT molecular complexity index is 783. The predicted octanol–water partition coefficient (Wildman–Crippen LogP) is 3.85. The zero-order chi connectivity index (χ0) is 15.7. The van der Waals surface area contributed by atoms with Crippen LogP contribution in [0.2, 0.25) is 5.02 Å². The molecule has 0 fully saturated rings. The summed E-state index contributed by atoms with van der Waals surface area (Å²) in [5.41, 5.74) is 3.00. The van der Waals surface area contributed by atoms with Crippen LogP contribution in [0.5, 0.6) is 11.5 Å². The van der Waals surface area contributed by atoms with Gasteiger partial charge in [0.25, 0.3) is 5.91 Å². The Kier molecular flexibility index (Phi) is 3.77. The molecule has 0 saturated carbocycles. The third kappa shape index (κ3) is 2.53. The molecule has 0 spiro atoms. The first kappa shape index (κ1) is 14.5. The minimum Gasteiger partial charge on any atom is -0.497 e. The summed E-state index contributed by atoms with van der Waals surface area (Å²) in [6.45, 7) is 0. The molecule has 1 N–H and O–H groups in total. The van der Waals surface area contributed by atoms with Crippen LogP contribution in [0.25, 0.3) is 11.6 Å². The van der Waals surface area contributed by atoms with Crippen molar-refractivity contribution in [2.75, 3.05) is 19.5 Å². The van der Waals surface area contributed by atoms with Crippen LogP contribution in [-0.4, -0.2) is 20.1 Å². The van der Waals surface area contributed by atoms with E-state index in [1.54, 1.807) is 32.4 Å². The number of amides is 1. The van der Waals surface area contributed by atoms with Crippen molar-refractivity contribution in [2.45, 2.75) is 0 Å². The minimum atomic E-state index is -0.143. The Morgan fingerprint density at radius 3 is 2.59 bits per heavy atom. The van der Waals surface area contributed by atoms with E-state index in [1.165, 1.54) is 0 Å². The summed E-state index contributed by atoms with van der Waals surface area (Å²) in [7, 11) is 3.16. The lowest BCUT2D eigenvalue weighted by Crippen LogP contribution is -2.03. The number of ether oxygens (including phenoxy) is 2. The number of rotatable bonds is 3. The van der Waals surface area contributed by atoms with Gasteiger partial charge in [0, 0.05) is 16.8 Å². The van der Waals surface area contributed by atoms with Crippen LogP contribution in [0.3, 0.4) is 0 Å². The van der Waals surface area contributed by atoms with Gasteiger partial charge in [0.15, 0.2) is 0 Å². The highest BCUT2D eigenvalue weighted by Gasteiger charge is 2.24. The molecule has 0 atom stereocenters. The summed E-state index contributed by atoms with van der Waals surface area (Å²) in [6.07, 6.45) is 1.80. The van der Waals surface area contributed by atoms with Gasteiger partial charge in [0.05, 0.1) is 19.2 Å². The minimum absolute atomic E-state index is 0.143. The first-order valence-corrected chi connectivity index (χ1v) is 7.05. The molecular formula is C17H14ClNO3. The largest absolute Gasteiger partial charge is 0.497 e. The lowest BCUT2D eigenvalue weighted by atomic mass is 10.0. The Labute approximate surface area is 133 Å². The molecule has 0 unspecified atom stereocenters. The highest BCUT2D eigenvalue weighted by atomic mass is 35.5. The molecule has 2 aromatic rings. The summed E-state index contributed by atoms with van der Waals surface area (Å²) in [6, 6.07) is 10.9. The van der Waals surface area contributed by atoms with E-state index < -0.39 is 0 Å². The highest BCUT2D eigenvalue weighted by molar-refractivity contribution is 6.35. The number of carbonyl (C=O) groups is 1. The van der Waals surface area contributed by atoms with Crippen molar-refractivity contribution < 1.29 is 14.3 Å². The van der Waals surface area contributed by atoms with Gasteiger partial charge in [-0.25, -0.2) is 0 Å². The second-order valence-corrected chi connectivity index (χ2v) is 5.22. The van der Waals surface area contributed by atoms with E-state index in [4.69, 9.17) is 21.1 Å². The van der Waals surface area contributed by atoms with Crippen molar-refractivity contribution in [3.05, 3.63) is 52.5 Å². The number of nitrogens with one attached hydrogen (secondary N) is 1. The topological polar surface area (TPSA) is 47.6 Å². The van der Waals surface area contributed by atoms with Gasteiger partial charge in [-0.05, 0) is 42.0 Å². The summed E-state index contributed by atoms with van der Waals surface area (Å²) < 4.78 is 10.3. The summed E-state index contributed by atoms with van der Waals surface area (Å²) in [4.78, 5) is 12.2. The third-order valence-corrected chi connectivity index (χ3v) is 3.79. The van der Waals surface area contributed by atoms with Crippen molar-refractivity contribution in [1.29, 1.82) is 0 Å². The molecule has 0 bridgehead atoms. The van der Waals surface area contributed by atoms with Crippen LogP contribution in [0.4, 0.5) is 5.69 Å². The maximum Gasteiger partial charge on any atom is 0.256 e. The average Bonchev–Trinajstić information content (AvgIpc) is 2.83. The number of methoxy groups -OCH3 is 2. The number of carbonyl (C=O) groups excluding carboxylic acids is 1. The lowest BCUT2D eigenvalue weighted by molar-refractivity contribution is -0.110. The van der Waals surface area contributed by atoms with Crippen molar-refractivity contribution in [3.63, 3.8) is 0 Å². The van der Waals surface area contributed by atoms with Gasteiger partial charge in [-0.1, -0.05) is 17.7 Å². The second-order valence-electron chi connectivity index (χ2n) is 4.82. The third-order valence-electron chi connectivity index (χ3n) is 3.50. The first-order chi connectivity index (χ1) is 10.6. The molecule has 1 heterocycles. The van der Waals surface area contributed by atoms with E-state index in [2.05, 4.69) is 5.32 Å². The van der Waals surface area contributed by atoms with E-state index in [0.29, 0.717) is 22.1 Å². The fourth-order valence-electron chi connectivity index (χ4n) is 2.38. The maximum atomic E-state index is 12.2. The van der Waals surface area contributed by atoms with Gasteiger partial charge in [-0.15, -0.1) is 0 Å². The molecule has 0 radical (unpaired) electrons. The summed E-state index contributed by atoms with van der Waals surface area (Å²) in [5.74, 6) is 1.16. The molecule has 1 aliphatic heterocycles. The van der Waals surface area contributed by atoms with Crippen molar-refractivity contribution in [2.24, 2.45) is 0 Å². The molecule has 1 aliphatic rings. The van der Waals surface area contributed by atoms with Crippen molar-refractivity contribution in [1.82, 2.24) is 0 Å². The van der Waals surface area contributed by atoms with E-state index in [9.17, 15) is 4.79 Å². The van der Waals surface area contributed by atoms with Crippen LogP contribution in [0, 0.1) is 0 Å². The van der Waals surface area contributed by atoms with E-state index in [0.717, 1.165) is 16.8 Å². The van der Waals surface area contributed by atoms with Crippen LogP contribution < -0.4 is 14.8 Å². The van der Waals surface area contributed by atoms with Gasteiger partial charge in [0.2, 0.25) is 0 Å². The monoisotopic (exact) mass is 315 g/mol. The quantitative estimate of drug-likeness (QED) is 0.875. The number of anilines is 1. The number of halogens is 1. The van der Waals surface area contributed by atoms with Gasteiger partial charge < -0.3 is 14.8 Å². The summed E-state index contributed by atoms with van der Waals surface area (Å²) in [5, 5.41) is 3.34. The van der Waals surface area contributed by atoms with Crippen LogP contribution in [0.1, 0.15) is 11.1 Å². The van der Waals surface area contributed by atoms with Crippen LogP contribution in [0.15, 0.2) is 36.4 Å². The summed E-state index contributed by atoms with van der Waals surface area (Å²) >= 11 is 6.12. The molecule has 0 aliphatic carbocycles. The van der Waals surface area contributed by atoms with Gasteiger partial charge >= 0.3 is 0 Å². The van der Waals surface area contributed by atoms with E-state index in [1.807, 2.05) is 24.3 Å². The zero-order valence-electron chi connectivity index (χ0n) is 12.1. The Morgan fingerprint density at radius 2 is 1.91 bits per heavy atom. The fourth-order valence-corrected chi connectivity index (χ4v) is 2.64. The van der Waals surface area contributed by atoms with Crippen molar-refractivity contribution in [3.8, 4) is 11.5 Å². The Morgan fingerprint density at radius 1 is 1.09 bits per heavy atom. The number of benzene rings is 2. The van der Waals surface area contributed by atoms with Crippen molar-refractivity contribution >= 4 is 34.8 Å². The van der Waals surface area contributed by atoms with Crippen LogP contribution in [-0.2, 0) is 4.79 Å². The van der Waals surface area contributed by atoms with Gasteiger partial charge in [-0.2, -0.15) is 0 Å². The lowest BCUT2D eigenvalue weighted by Gasteiger charge is -2.05. The Hall–Kier alpha value is -2.46. The molecule has 0 aromatic heterocycles. The van der Waals surface area contributed by atoms with Gasteiger partial charge in [-0.3, -0.25) is 4.79 Å². The first-order valence-electron chi connectivity index (χ1n) is 6.67. The normalized spacial score (nSPS) is 14.7. The molecular weight excluding hydrogens is 302 g/mol. The Balaban J connectivity index is 2.05. The molecule has 2 aromatic carbocycles. The molecule has 5 heteroatoms. The maximum absolute atomic E-state index is 12.2. The van der Waals surface area contributed by atoms with E-state index >= 15 is 0 Å². The average molecular weight is 316 g/mol. The van der Waals surface area contributed by atoms with Gasteiger partial charge in [0.1, 0.15) is 11.5 Å². The number of fused-ring (bicyclic) bond motifs is 1. The molecule has 22 heavy (non-hydrogen) atoms. The smallest absolute Gasteiger partial charge is 0.256 e. The number of hydrogen-bond donors (Lipinski definition) is 1. The molecule has 3 rings (SSSR count). The van der Waals surface area contributed by atoms with E-state index in [-0.39, 0.29) is 5.91 Å². The second kappa shape index (κ2) is 5.73. The standard InChI is InChI=1S/C17H14ClNO3/c1-21-11-4-5-15-12(9-11)13(17(20)19-15)7-10-3-6-16(22-2)14(18)8-10/h3-9H,1-2H3,(H,19,20)/b13-7+. The number of hydrogen-bond acceptors (Lipinski definition) is 3.